The van der Waals surface area contributed by atoms with Crippen molar-refractivity contribution in [1.29, 1.82) is 0 Å². The van der Waals surface area contributed by atoms with Crippen molar-refractivity contribution in [3.63, 3.8) is 0 Å². The van der Waals surface area contributed by atoms with Crippen LogP contribution in [0.25, 0.3) is 0 Å². The molecule has 1 heterocycles. The molecule has 0 aliphatic carbocycles. The number of carbonyl (C=O) groups excluding carboxylic acids is 1. The molecule has 2 rings (SSSR count). The number of aromatic nitrogens is 1. The number of sulfone groups is 1. The normalized spacial score (nSPS) is 12.7. The first-order valence-corrected chi connectivity index (χ1v) is 8.69. The summed E-state index contributed by atoms with van der Waals surface area (Å²) in [7, 11) is -4.19. The third-order valence-electron chi connectivity index (χ3n) is 3.67. The van der Waals surface area contributed by atoms with Gasteiger partial charge in [-0.05, 0) is 50.2 Å². The molecule has 5 nitrogen and oxygen atoms in total. The highest BCUT2D eigenvalue weighted by molar-refractivity contribution is 7.93. The summed E-state index contributed by atoms with van der Waals surface area (Å²) >= 11 is 0. The van der Waals surface area contributed by atoms with Gasteiger partial charge in [0.2, 0.25) is 5.91 Å². The summed E-state index contributed by atoms with van der Waals surface area (Å²) in [5.41, 5.74) is -1.01. The number of amides is 1. The smallest absolute Gasteiger partial charge is 0.309 e. The number of rotatable bonds is 4. The van der Waals surface area contributed by atoms with Gasteiger partial charge in [0.15, 0.2) is 9.84 Å². The van der Waals surface area contributed by atoms with Gasteiger partial charge in [0.1, 0.15) is 16.4 Å². The fraction of sp³-hybridized carbons (Fsp3) is 0.250. The zero-order chi connectivity index (χ0) is 19.8. The van der Waals surface area contributed by atoms with Gasteiger partial charge < -0.3 is 5.32 Å². The van der Waals surface area contributed by atoms with Crippen LogP contribution < -0.4 is 5.32 Å². The molecule has 2 aromatic rings. The summed E-state index contributed by atoms with van der Waals surface area (Å²) in [6, 6.07) is 5.56. The second-order valence-electron chi connectivity index (χ2n) is 5.85. The number of halogens is 4. The van der Waals surface area contributed by atoms with E-state index in [9.17, 15) is 30.8 Å². The Hall–Kier alpha value is -2.49. The molecular formula is C16H14F4N2O3S. The summed E-state index contributed by atoms with van der Waals surface area (Å²) in [6.07, 6.45) is -4.06. The van der Waals surface area contributed by atoms with Gasteiger partial charge in [-0.25, -0.2) is 17.8 Å². The monoisotopic (exact) mass is 390 g/mol. The first-order valence-electron chi connectivity index (χ1n) is 7.20. The van der Waals surface area contributed by atoms with Crippen molar-refractivity contribution in [2.75, 3.05) is 5.32 Å². The second-order valence-corrected chi connectivity index (χ2v) is 8.35. The predicted molar refractivity (Wildman–Crippen MR) is 85.5 cm³/mol. The first kappa shape index (κ1) is 19.8. The summed E-state index contributed by atoms with van der Waals surface area (Å²) in [4.78, 5) is 15.6. The lowest BCUT2D eigenvalue weighted by molar-refractivity contribution is -0.137. The van der Waals surface area contributed by atoms with Crippen LogP contribution in [0.2, 0.25) is 0 Å². The van der Waals surface area contributed by atoms with Crippen LogP contribution >= 0.6 is 0 Å². The van der Waals surface area contributed by atoms with Gasteiger partial charge in [0.05, 0.1) is 10.5 Å². The number of benzene rings is 1. The molecule has 0 aliphatic heterocycles. The van der Waals surface area contributed by atoms with Crippen molar-refractivity contribution >= 4 is 21.6 Å². The molecule has 0 saturated heterocycles. The van der Waals surface area contributed by atoms with E-state index in [1.165, 1.54) is 0 Å². The number of carbonyl (C=O) groups is 1. The van der Waals surface area contributed by atoms with Crippen molar-refractivity contribution < 1.29 is 30.8 Å². The Labute approximate surface area is 147 Å². The molecule has 0 saturated carbocycles. The molecule has 26 heavy (non-hydrogen) atoms. The van der Waals surface area contributed by atoms with Crippen molar-refractivity contribution in [1.82, 2.24) is 4.98 Å². The Morgan fingerprint density at radius 3 is 2.08 bits per heavy atom. The van der Waals surface area contributed by atoms with Crippen LogP contribution in [0, 0.1) is 5.82 Å². The highest BCUT2D eigenvalue weighted by atomic mass is 32.2. The Bertz CT molecular complexity index is 906. The summed E-state index contributed by atoms with van der Waals surface area (Å²) in [5, 5.41) is 2.18. The Balaban J connectivity index is 2.25. The third-order valence-corrected chi connectivity index (χ3v) is 6.10. The fourth-order valence-electron chi connectivity index (χ4n) is 1.93. The maximum atomic E-state index is 13.0. The van der Waals surface area contributed by atoms with Crippen LogP contribution in [0.4, 0.5) is 23.4 Å². The van der Waals surface area contributed by atoms with Gasteiger partial charge in [-0.15, -0.1) is 0 Å². The van der Waals surface area contributed by atoms with Crippen LogP contribution in [0.3, 0.4) is 0 Å². The van der Waals surface area contributed by atoms with Gasteiger partial charge in [-0.3, -0.25) is 4.79 Å². The number of hydrogen-bond acceptors (Lipinski definition) is 4. The number of pyridine rings is 1. The predicted octanol–water partition coefficient (Wildman–Crippen LogP) is 3.43. The van der Waals surface area contributed by atoms with Crippen LogP contribution in [0.5, 0.6) is 0 Å². The molecule has 0 fully saturated rings. The minimum Gasteiger partial charge on any atom is -0.309 e. The van der Waals surface area contributed by atoms with E-state index in [0.717, 1.165) is 44.2 Å². The maximum absolute atomic E-state index is 13.0. The lowest BCUT2D eigenvalue weighted by Crippen LogP contribution is -2.44. The van der Waals surface area contributed by atoms with E-state index in [2.05, 4.69) is 10.3 Å². The zero-order valence-electron chi connectivity index (χ0n) is 13.6. The number of hydrogen-bond donors (Lipinski definition) is 1. The van der Waals surface area contributed by atoms with E-state index in [0.29, 0.717) is 12.3 Å². The molecule has 0 unspecified atom stereocenters. The molecule has 0 atom stereocenters. The van der Waals surface area contributed by atoms with E-state index < -0.39 is 38.0 Å². The Kier molecular flexibility index (Phi) is 5.09. The Morgan fingerprint density at radius 2 is 1.62 bits per heavy atom. The first-order chi connectivity index (χ1) is 11.9. The molecule has 10 heteroatoms. The van der Waals surface area contributed by atoms with Gasteiger partial charge in [-0.1, -0.05) is 0 Å². The average molecular weight is 390 g/mol. The van der Waals surface area contributed by atoms with E-state index in [4.69, 9.17) is 0 Å². The van der Waals surface area contributed by atoms with Crippen LogP contribution in [-0.4, -0.2) is 24.1 Å². The van der Waals surface area contributed by atoms with Crippen LogP contribution in [0.1, 0.15) is 19.4 Å². The van der Waals surface area contributed by atoms with Crippen LogP contribution in [0.15, 0.2) is 47.5 Å². The lowest BCUT2D eigenvalue weighted by Gasteiger charge is -2.23. The van der Waals surface area contributed by atoms with E-state index in [1.54, 1.807) is 0 Å². The highest BCUT2D eigenvalue weighted by Gasteiger charge is 2.43. The summed E-state index contributed by atoms with van der Waals surface area (Å²) < 4.78 is 73.8. The van der Waals surface area contributed by atoms with Gasteiger partial charge in [-0.2, -0.15) is 13.2 Å². The summed E-state index contributed by atoms with van der Waals surface area (Å²) in [6.45, 7) is 2.26. The molecule has 0 bridgehead atoms. The fourth-order valence-corrected chi connectivity index (χ4v) is 3.31. The quantitative estimate of drug-likeness (QED) is 0.641. The standard InChI is InChI=1S/C16H14F4N2O3S/c1-15(2,26(24,25)12-6-4-11(17)5-7-12)14(23)22-13-8-3-10(9-21-13)16(18,19)20/h3-9H,1-2H3,(H,21,22,23). The van der Waals surface area contributed by atoms with E-state index in [-0.39, 0.29) is 10.7 Å². The molecule has 0 radical (unpaired) electrons. The molecule has 1 amide bonds. The topological polar surface area (TPSA) is 76.1 Å². The van der Waals surface area contributed by atoms with Gasteiger partial charge in [0, 0.05) is 6.20 Å². The van der Waals surface area contributed by atoms with Gasteiger partial charge in [0.25, 0.3) is 0 Å². The van der Waals surface area contributed by atoms with Gasteiger partial charge >= 0.3 is 6.18 Å². The molecule has 1 N–H and O–H groups in total. The Morgan fingerprint density at radius 1 is 1.04 bits per heavy atom. The average Bonchev–Trinajstić information content (AvgIpc) is 2.54. The molecular weight excluding hydrogens is 376 g/mol. The largest absolute Gasteiger partial charge is 0.417 e. The van der Waals surface area contributed by atoms with Crippen molar-refractivity contribution in [3.05, 3.63) is 54.0 Å². The highest BCUT2D eigenvalue weighted by Crippen LogP contribution is 2.30. The SMILES string of the molecule is CC(C)(C(=O)Nc1ccc(C(F)(F)F)cn1)S(=O)(=O)c1ccc(F)cc1. The molecule has 1 aromatic carbocycles. The lowest BCUT2D eigenvalue weighted by atomic mass is 10.2. The molecule has 0 spiro atoms. The van der Waals surface area contributed by atoms with Crippen molar-refractivity contribution in [2.24, 2.45) is 0 Å². The molecule has 140 valence electrons. The van der Waals surface area contributed by atoms with E-state index >= 15 is 0 Å². The number of nitrogens with zero attached hydrogens (tertiary/aromatic N) is 1. The molecule has 0 aliphatic rings. The van der Waals surface area contributed by atoms with E-state index in [1.807, 2.05) is 0 Å². The zero-order valence-corrected chi connectivity index (χ0v) is 14.5. The van der Waals surface area contributed by atoms with Crippen LogP contribution in [-0.2, 0) is 20.8 Å². The number of nitrogens with one attached hydrogen (secondary N) is 1. The second kappa shape index (κ2) is 6.67. The third kappa shape index (κ3) is 3.85. The maximum Gasteiger partial charge on any atom is 0.417 e. The molecule has 1 aromatic heterocycles. The number of anilines is 1. The number of alkyl halides is 3. The minimum atomic E-state index is -4.58. The van der Waals surface area contributed by atoms with Crippen molar-refractivity contribution in [3.8, 4) is 0 Å². The summed E-state index contributed by atoms with van der Waals surface area (Å²) in [5.74, 6) is -1.86. The van der Waals surface area contributed by atoms with Crippen molar-refractivity contribution in [2.45, 2.75) is 29.7 Å². The minimum absolute atomic E-state index is 0.231.